The maximum absolute atomic E-state index is 10.8. The Labute approximate surface area is 106 Å². The highest BCUT2D eigenvalue weighted by Crippen LogP contribution is 2.18. The van der Waals surface area contributed by atoms with E-state index in [1.54, 1.807) is 0 Å². The summed E-state index contributed by atoms with van der Waals surface area (Å²) < 4.78 is 5.17. The van der Waals surface area contributed by atoms with Gasteiger partial charge in [0.15, 0.2) is 5.82 Å². The number of nitrogens with zero attached hydrogens (tertiary/aromatic N) is 3. The van der Waals surface area contributed by atoms with Crippen molar-refractivity contribution in [1.82, 2.24) is 15.0 Å². The molecular formula is C12H19N3O3. The van der Waals surface area contributed by atoms with Gasteiger partial charge in [0.1, 0.15) is 0 Å². The minimum Gasteiger partial charge on any atom is -0.481 e. The lowest BCUT2D eigenvalue weighted by Crippen LogP contribution is -2.23. The minimum absolute atomic E-state index is 0.261. The predicted molar refractivity (Wildman–Crippen MR) is 63.9 cm³/mol. The maximum atomic E-state index is 10.8. The highest BCUT2D eigenvalue weighted by Gasteiger charge is 2.28. The fourth-order valence-corrected chi connectivity index (χ4v) is 2.17. The molecule has 0 amide bonds. The molecule has 18 heavy (non-hydrogen) atoms. The van der Waals surface area contributed by atoms with Gasteiger partial charge in [0.05, 0.1) is 12.5 Å². The van der Waals surface area contributed by atoms with Crippen LogP contribution >= 0.6 is 0 Å². The zero-order valence-electron chi connectivity index (χ0n) is 10.8. The molecule has 0 radical (unpaired) electrons. The fraction of sp³-hybridized carbons (Fsp3) is 0.750. The largest absolute Gasteiger partial charge is 0.481 e. The highest BCUT2D eigenvalue weighted by molar-refractivity contribution is 5.70. The second-order valence-corrected chi connectivity index (χ2v) is 5.26. The third-order valence-corrected chi connectivity index (χ3v) is 3.08. The van der Waals surface area contributed by atoms with E-state index >= 15 is 0 Å². The van der Waals surface area contributed by atoms with E-state index in [1.807, 2.05) is 4.90 Å². The van der Waals surface area contributed by atoms with Gasteiger partial charge in [-0.2, -0.15) is 4.98 Å². The van der Waals surface area contributed by atoms with Crippen LogP contribution in [0, 0.1) is 11.8 Å². The van der Waals surface area contributed by atoms with Crippen LogP contribution in [0.5, 0.6) is 0 Å². The molecule has 0 aromatic carbocycles. The lowest BCUT2D eigenvalue weighted by Gasteiger charge is -2.11. The second-order valence-electron chi connectivity index (χ2n) is 5.26. The van der Waals surface area contributed by atoms with Gasteiger partial charge in [-0.15, -0.1) is 0 Å². The first-order chi connectivity index (χ1) is 8.54. The molecule has 1 N–H and O–H groups in total. The minimum atomic E-state index is -0.719. The predicted octanol–water partition coefficient (Wildman–Crippen LogP) is 1.17. The quantitative estimate of drug-likeness (QED) is 0.848. The molecule has 1 saturated heterocycles. The lowest BCUT2D eigenvalue weighted by atomic mass is 10.1. The number of rotatable bonds is 5. The Balaban J connectivity index is 1.87. The molecule has 0 spiro atoms. The SMILES string of the molecule is CC(C)Cc1noc(CN2CCC(C(=O)O)C2)n1. The smallest absolute Gasteiger partial charge is 0.307 e. The molecule has 100 valence electrons. The van der Waals surface area contributed by atoms with E-state index in [1.165, 1.54) is 0 Å². The summed E-state index contributed by atoms with van der Waals surface area (Å²) in [6, 6.07) is 0. The van der Waals surface area contributed by atoms with E-state index in [2.05, 4.69) is 24.0 Å². The summed E-state index contributed by atoms with van der Waals surface area (Å²) in [7, 11) is 0. The Morgan fingerprint density at radius 3 is 3.00 bits per heavy atom. The van der Waals surface area contributed by atoms with Crippen molar-refractivity contribution in [3.8, 4) is 0 Å². The summed E-state index contributed by atoms with van der Waals surface area (Å²) in [5, 5.41) is 12.8. The van der Waals surface area contributed by atoms with Crippen LogP contribution in [0.4, 0.5) is 0 Å². The number of carboxylic acids is 1. The number of hydrogen-bond donors (Lipinski definition) is 1. The van der Waals surface area contributed by atoms with E-state index in [0.29, 0.717) is 31.3 Å². The molecule has 6 nitrogen and oxygen atoms in total. The molecule has 6 heteroatoms. The molecule has 1 aliphatic heterocycles. The van der Waals surface area contributed by atoms with Crippen LogP contribution in [0.3, 0.4) is 0 Å². The highest BCUT2D eigenvalue weighted by atomic mass is 16.5. The number of aliphatic carboxylic acids is 1. The Bertz CT molecular complexity index is 416. The first kappa shape index (κ1) is 13.0. The summed E-state index contributed by atoms with van der Waals surface area (Å²) in [6.07, 6.45) is 1.50. The van der Waals surface area contributed by atoms with Crippen molar-refractivity contribution in [3.05, 3.63) is 11.7 Å². The summed E-state index contributed by atoms with van der Waals surface area (Å²) in [5.74, 6) is 0.830. The Kier molecular flexibility index (Phi) is 3.96. The number of hydrogen-bond acceptors (Lipinski definition) is 5. The fourth-order valence-electron chi connectivity index (χ4n) is 2.17. The van der Waals surface area contributed by atoms with Gasteiger partial charge in [-0.3, -0.25) is 9.69 Å². The summed E-state index contributed by atoms with van der Waals surface area (Å²) in [5.41, 5.74) is 0. The summed E-state index contributed by atoms with van der Waals surface area (Å²) in [4.78, 5) is 17.2. The van der Waals surface area contributed by atoms with Crippen molar-refractivity contribution in [2.24, 2.45) is 11.8 Å². The first-order valence-corrected chi connectivity index (χ1v) is 6.31. The van der Waals surface area contributed by atoms with E-state index in [-0.39, 0.29) is 5.92 Å². The number of likely N-dealkylation sites (tertiary alicyclic amines) is 1. The maximum Gasteiger partial charge on any atom is 0.307 e. The zero-order valence-corrected chi connectivity index (χ0v) is 10.8. The van der Waals surface area contributed by atoms with Crippen LogP contribution < -0.4 is 0 Å². The van der Waals surface area contributed by atoms with Gasteiger partial charge in [-0.25, -0.2) is 0 Å². The van der Waals surface area contributed by atoms with Crippen molar-refractivity contribution < 1.29 is 14.4 Å². The number of carboxylic acid groups (broad SMARTS) is 1. The molecule has 2 heterocycles. The Morgan fingerprint density at radius 2 is 2.39 bits per heavy atom. The van der Waals surface area contributed by atoms with E-state index in [0.717, 1.165) is 18.8 Å². The van der Waals surface area contributed by atoms with E-state index in [4.69, 9.17) is 9.63 Å². The van der Waals surface area contributed by atoms with Gasteiger partial charge in [0.25, 0.3) is 0 Å². The normalized spacial score (nSPS) is 20.7. The molecule has 1 aromatic heterocycles. The molecule has 0 saturated carbocycles. The van der Waals surface area contributed by atoms with Crippen LogP contribution in [-0.2, 0) is 17.8 Å². The molecule has 1 aromatic rings. The van der Waals surface area contributed by atoms with Gasteiger partial charge >= 0.3 is 5.97 Å². The topological polar surface area (TPSA) is 79.5 Å². The summed E-state index contributed by atoms with van der Waals surface area (Å²) in [6.45, 7) is 6.10. The van der Waals surface area contributed by atoms with Crippen molar-refractivity contribution in [2.75, 3.05) is 13.1 Å². The Hall–Kier alpha value is -1.43. The average Bonchev–Trinajstić information content (AvgIpc) is 2.88. The van der Waals surface area contributed by atoms with Crippen LogP contribution in [0.15, 0.2) is 4.52 Å². The Morgan fingerprint density at radius 1 is 1.61 bits per heavy atom. The van der Waals surface area contributed by atoms with Gasteiger partial charge in [-0.05, 0) is 18.9 Å². The van der Waals surface area contributed by atoms with Gasteiger partial charge < -0.3 is 9.63 Å². The van der Waals surface area contributed by atoms with Crippen LogP contribution in [0.2, 0.25) is 0 Å². The average molecular weight is 253 g/mol. The lowest BCUT2D eigenvalue weighted by molar-refractivity contribution is -0.141. The third kappa shape index (κ3) is 3.29. The standard InChI is InChI=1S/C12H19N3O3/c1-8(2)5-10-13-11(18-14-10)7-15-4-3-9(6-15)12(16)17/h8-9H,3-7H2,1-2H3,(H,16,17). The van der Waals surface area contributed by atoms with Crippen LogP contribution in [0.1, 0.15) is 32.0 Å². The van der Waals surface area contributed by atoms with Crippen molar-refractivity contribution >= 4 is 5.97 Å². The molecule has 2 rings (SSSR count). The zero-order chi connectivity index (χ0) is 13.1. The van der Waals surface area contributed by atoms with Gasteiger partial charge in [0.2, 0.25) is 5.89 Å². The van der Waals surface area contributed by atoms with Crippen LogP contribution in [-0.4, -0.2) is 39.2 Å². The van der Waals surface area contributed by atoms with E-state index < -0.39 is 5.97 Å². The molecular weight excluding hydrogens is 234 g/mol. The van der Waals surface area contributed by atoms with Gasteiger partial charge in [-0.1, -0.05) is 19.0 Å². The van der Waals surface area contributed by atoms with E-state index in [9.17, 15) is 4.79 Å². The van der Waals surface area contributed by atoms with Crippen molar-refractivity contribution in [2.45, 2.75) is 33.2 Å². The van der Waals surface area contributed by atoms with Crippen molar-refractivity contribution in [1.29, 1.82) is 0 Å². The van der Waals surface area contributed by atoms with Crippen molar-refractivity contribution in [3.63, 3.8) is 0 Å². The third-order valence-electron chi connectivity index (χ3n) is 3.08. The van der Waals surface area contributed by atoms with Crippen LogP contribution in [0.25, 0.3) is 0 Å². The number of carbonyl (C=O) groups is 1. The molecule has 0 bridgehead atoms. The van der Waals surface area contributed by atoms with Gasteiger partial charge in [0, 0.05) is 13.0 Å². The molecule has 1 unspecified atom stereocenters. The molecule has 1 fully saturated rings. The molecule has 1 atom stereocenters. The summed E-state index contributed by atoms with van der Waals surface area (Å²) >= 11 is 0. The molecule has 0 aliphatic carbocycles. The number of aromatic nitrogens is 2. The molecule has 1 aliphatic rings. The monoisotopic (exact) mass is 253 g/mol. The second kappa shape index (κ2) is 5.48. The first-order valence-electron chi connectivity index (χ1n) is 6.31.